The Labute approximate surface area is 185 Å². The molecule has 2 aromatic heterocycles. The van der Waals surface area contributed by atoms with Gasteiger partial charge in [0.25, 0.3) is 0 Å². The van der Waals surface area contributed by atoms with E-state index in [1.165, 1.54) is 6.08 Å². The average Bonchev–Trinajstić information content (AvgIpc) is 3.46. The first-order valence-electron chi connectivity index (χ1n) is 9.78. The summed E-state index contributed by atoms with van der Waals surface area (Å²) in [6.07, 6.45) is 8.43. The lowest BCUT2D eigenvalue weighted by molar-refractivity contribution is 0.104. The Morgan fingerprint density at radius 2 is 1.87 bits per heavy atom. The quantitative estimate of drug-likeness (QED) is 0.257. The van der Waals surface area contributed by atoms with Gasteiger partial charge in [0.1, 0.15) is 23.9 Å². The second kappa shape index (κ2) is 9.06. The van der Waals surface area contributed by atoms with Crippen LogP contribution in [0.15, 0.2) is 77.7 Å². The number of benzene rings is 2. The summed E-state index contributed by atoms with van der Waals surface area (Å²) in [5, 5.41) is 0.749. The molecule has 0 spiro atoms. The molecule has 4 aromatic rings. The van der Waals surface area contributed by atoms with Crippen LogP contribution in [0, 0.1) is 13.8 Å². The molecule has 0 atom stereocenters. The molecule has 0 N–H and O–H groups in total. The molecule has 0 saturated heterocycles. The number of furan rings is 1. The number of imidazole rings is 1. The van der Waals surface area contributed by atoms with E-state index in [9.17, 15) is 4.79 Å². The van der Waals surface area contributed by atoms with E-state index in [1.54, 1.807) is 30.7 Å². The van der Waals surface area contributed by atoms with Gasteiger partial charge >= 0.3 is 0 Å². The van der Waals surface area contributed by atoms with Crippen molar-refractivity contribution in [2.24, 2.45) is 0 Å². The van der Waals surface area contributed by atoms with Gasteiger partial charge in [0.05, 0.1) is 6.33 Å². The van der Waals surface area contributed by atoms with Crippen LogP contribution in [0.5, 0.6) is 5.75 Å². The minimum atomic E-state index is -0.0986. The highest BCUT2D eigenvalue weighted by molar-refractivity contribution is 6.32. The standard InChI is InChI=1S/C25H21ClN2O3/c1-17-13-23(14-18(2)25(17)26)30-15-22-8-7-21(31-22)9-10-24(29)19-3-5-20(6-4-19)28-12-11-27-16-28/h3-14,16H,15H2,1-2H3/b10-9+. The number of ether oxygens (including phenoxy) is 1. The minimum Gasteiger partial charge on any atom is -0.486 e. The summed E-state index contributed by atoms with van der Waals surface area (Å²) in [5.74, 6) is 1.90. The van der Waals surface area contributed by atoms with E-state index in [2.05, 4.69) is 4.98 Å². The lowest BCUT2D eigenvalue weighted by Gasteiger charge is -2.08. The Morgan fingerprint density at radius 3 is 2.55 bits per heavy atom. The van der Waals surface area contributed by atoms with Crippen LogP contribution in [0.4, 0.5) is 0 Å². The number of rotatable bonds is 7. The molecule has 5 nitrogen and oxygen atoms in total. The van der Waals surface area contributed by atoms with Gasteiger partial charge in [-0.3, -0.25) is 4.79 Å². The number of carbonyl (C=O) groups is 1. The predicted octanol–water partition coefficient (Wildman–Crippen LogP) is 6.21. The molecule has 0 aliphatic rings. The number of carbonyl (C=O) groups excluding carboxylic acids is 1. The summed E-state index contributed by atoms with van der Waals surface area (Å²) < 4.78 is 13.4. The molecule has 4 rings (SSSR count). The highest BCUT2D eigenvalue weighted by Crippen LogP contribution is 2.26. The molecule has 0 bridgehead atoms. The van der Waals surface area contributed by atoms with Crippen molar-refractivity contribution < 1.29 is 13.9 Å². The van der Waals surface area contributed by atoms with E-state index in [1.807, 2.05) is 61.0 Å². The van der Waals surface area contributed by atoms with E-state index < -0.39 is 0 Å². The Hall–Kier alpha value is -3.57. The fourth-order valence-electron chi connectivity index (χ4n) is 3.17. The Morgan fingerprint density at radius 1 is 1.13 bits per heavy atom. The number of hydrogen-bond acceptors (Lipinski definition) is 4. The highest BCUT2D eigenvalue weighted by atomic mass is 35.5. The third kappa shape index (κ3) is 4.95. The number of ketones is 1. The van der Waals surface area contributed by atoms with Crippen molar-refractivity contribution in [3.63, 3.8) is 0 Å². The summed E-state index contributed by atoms with van der Waals surface area (Å²) >= 11 is 6.19. The van der Waals surface area contributed by atoms with Crippen LogP contribution in [0.1, 0.15) is 33.0 Å². The van der Waals surface area contributed by atoms with Gasteiger partial charge in [-0.25, -0.2) is 4.98 Å². The second-order valence-corrected chi connectivity index (χ2v) is 7.56. The maximum atomic E-state index is 12.4. The molecule has 31 heavy (non-hydrogen) atoms. The van der Waals surface area contributed by atoms with Gasteiger partial charge in [0.2, 0.25) is 0 Å². The second-order valence-electron chi connectivity index (χ2n) is 7.18. The van der Waals surface area contributed by atoms with Gasteiger partial charge in [-0.15, -0.1) is 0 Å². The summed E-state index contributed by atoms with van der Waals surface area (Å²) in [6, 6.07) is 14.8. The first-order valence-corrected chi connectivity index (χ1v) is 10.2. The van der Waals surface area contributed by atoms with Crippen LogP contribution in [0.2, 0.25) is 5.02 Å². The van der Waals surface area contributed by atoms with Crippen molar-refractivity contribution in [1.29, 1.82) is 0 Å². The average molecular weight is 433 g/mol. The Balaban J connectivity index is 1.36. The van der Waals surface area contributed by atoms with E-state index in [-0.39, 0.29) is 12.4 Å². The first kappa shape index (κ1) is 20.7. The van der Waals surface area contributed by atoms with Crippen LogP contribution < -0.4 is 4.74 Å². The summed E-state index contributed by atoms with van der Waals surface area (Å²) in [4.78, 5) is 16.5. The molecule has 0 amide bonds. The van der Waals surface area contributed by atoms with Gasteiger partial charge in [-0.05, 0) is 85.7 Å². The number of halogens is 1. The smallest absolute Gasteiger partial charge is 0.185 e. The zero-order valence-electron chi connectivity index (χ0n) is 17.2. The van der Waals surface area contributed by atoms with Crippen molar-refractivity contribution in [2.45, 2.75) is 20.5 Å². The molecular weight excluding hydrogens is 412 g/mol. The van der Waals surface area contributed by atoms with Crippen LogP contribution in [-0.4, -0.2) is 15.3 Å². The van der Waals surface area contributed by atoms with E-state index in [4.69, 9.17) is 20.8 Å². The molecule has 6 heteroatoms. The number of nitrogens with zero attached hydrogens (tertiary/aromatic N) is 2. The zero-order chi connectivity index (χ0) is 21.8. The summed E-state index contributed by atoms with van der Waals surface area (Å²) in [5.41, 5.74) is 3.48. The normalized spacial score (nSPS) is 11.2. The van der Waals surface area contributed by atoms with E-state index in [0.717, 1.165) is 27.6 Å². The summed E-state index contributed by atoms with van der Waals surface area (Å²) in [7, 11) is 0. The van der Waals surface area contributed by atoms with Crippen molar-refractivity contribution in [3.8, 4) is 11.4 Å². The topological polar surface area (TPSA) is 57.3 Å². The minimum absolute atomic E-state index is 0.0986. The Bertz CT molecular complexity index is 1200. The fourth-order valence-corrected chi connectivity index (χ4v) is 3.28. The number of aryl methyl sites for hydroxylation is 2. The molecular formula is C25H21ClN2O3. The van der Waals surface area contributed by atoms with Crippen LogP contribution in [-0.2, 0) is 6.61 Å². The molecule has 0 saturated carbocycles. The van der Waals surface area contributed by atoms with Gasteiger partial charge in [-0.1, -0.05) is 11.6 Å². The van der Waals surface area contributed by atoms with Gasteiger partial charge in [0.15, 0.2) is 5.78 Å². The molecule has 2 heterocycles. The molecule has 0 aliphatic carbocycles. The largest absolute Gasteiger partial charge is 0.486 e. The molecule has 0 radical (unpaired) electrons. The highest BCUT2D eigenvalue weighted by Gasteiger charge is 2.07. The lowest BCUT2D eigenvalue weighted by atomic mass is 10.1. The van der Waals surface area contributed by atoms with E-state index in [0.29, 0.717) is 17.1 Å². The molecule has 0 fully saturated rings. The van der Waals surface area contributed by atoms with Gasteiger partial charge in [-0.2, -0.15) is 0 Å². The van der Waals surface area contributed by atoms with Crippen LogP contribution in [0.25, 0.3) is 11.8 Å². The van der Waals surface area contributed by atoms with Crippen molar-refractivity contribution in [1.82, 2.24) is 9.55 Å². The SMILES string of the molecule is Cc1cc(OCc2ccc(/C=C/C(=O)c3ccc(-n4ccnc4)cc3)o2)cc(C)c1Cl. The fraction of sp³-hybridized carbons (Fsp3) is 0.120. The Kier molecular flexibility index (Phi) is 6.05. The van der Waals surface area contributed by atoms with Crippen molar-refractivity contribution in [2.75, 3.05) is 0 Å². The predicted molar refractivity (Wildman–Crippen MR) is 121 cm³/mol. The van der Waals surface area contributed by atoms with Gasteiger partial charge in [0, 0.05) is 28.7 Å². The number of allylic oxidation sites excluding steroid dienone is 1. The third-order valence-electron chi connectivity index (χ3n) is 4.83. The third-order valence-corrected chi connectivity index (χ3v) is 5.42. The maximum absolute atomic E-state index is 12.4. The number of hydrogen-bond donors (Lipinski definition) is 0. The molecule has 0 unspecified atom stereocenters. The van der Waals surface area contributed by atoms with Crippen LogP contribution in [0.3, 0.4) is 0 Å². The maximum Gasteiger partial charge on any atom is 0.185 e. The monoisotopic (exact) mass is 432 g/mol. The van der Waals surface area contributed by atoms with E-state index >= 15 is 0 Å². The summed E-state index contributed by atoms with van der Waals surface area (Å²) in [6.45, 7) is 4.18. The molecule has 2 aromatic carbocycles. The van der Waals surface area contributed by atoms with Crippen LogP contribution >= 0.6 is 11.6 Å². The van der Waals surface area contributed by atoms with Gasteiger partial charge < -0.3 is 13.7 Å². The van der Waals surface area contributed by atoms with Crippen molar-refractivity contribution >= 4 is 23.5 Å². The lowest BCUT2D eigenvalue weighted by Crippen LogP contribution is -1.96. The van der Waals surface area contributed by atoms with Crippen molar-refractivity contribution in [3.05, 3.63) is 107 Å². The zero-order valence-corrected chi connectivity index (χ0v) is 18.0. The first-order chi connectivity index (χ1) is 15.0. The molecule has 0 aliphatic heterocycles. The molecule has 156 valence electrons. The number of aromatic nitrogens is 2.